The predicted molar refractivity (Wildman–Crippen MR) is 108 cm³/mol. The quantitative estimate of drug-likeness (QED) is 0.865. The van der Waals surface area contributed by atoms with E-state index in [0.717, 1.165) is 30.0 Å². The second kappa shape index (κ2) is 8.44. The summed E-state index contributed by atoms with van der Waals surface area (Å²) >= 11 is 0. The summed E-state index contributed by atoms with van der Waals surface area (Å²) < 4.78 is 5.44. The van der Waals surface area contributed by atoms with E-state index in [1.54, 1.807) is 4.90 Å². The van der Waals surface area contributed by atoms with Crippen LogP contribution >= 0.6 is 0 Å². The van der Waals surface area contributed by atoms with E-state index in [9.17, 15) is 9.59 Å². The van der Waals surface area contributed by atoms with Gasteiger partial charge in [-0.1, -0.05) is 42.5 Å². The molecule has 2 heterocycles. The number of anilines is 2. The molecule has 2 aromatic rings. The van der Waals surface area contributed by atoms with Gasteiger partial charge in [-0.3, -0.25) is 9.59 Å². The van der Waals surface area contributed by atoms with Crippen molar-refractivity contribution >= 4 is 23.2 Å². The van der Waals surface area contributed by atoms with Gasteiger partial charge in [-0.15, -0.1) is 0 Å². The molecule has 0 radical (unpaired) electrons. The molecule has 28 heavy (non-hydrogen) atoms. The molecule has 0 aromatic heterocycles. The SMILES string of the molecule is O=C(NCc1ccccc1)C1CC(=O)N(c2ccccc2N2CCOCC2)C1. The van der Waals surface area contributed by atoms with Crippen LogP contribution in [0.4, 0.5) is 11.4 Å². The highest BCUT2D eigenvalue weighted by Crippen LogP contribution is 2.34. The van der Waals surface area contributed by atoms with Crippen LogP contribution in [0.25, 0.3) is 0 Å². The number of carbonyl (C=O) groups is 2. The molecule has 2 aromatic carbocycles. The number of carbonyl (C=O) groups excluding carboxylic acids is 2. The maximum atomic E-state index is 12.7. The highest BCUT2D eigenvalue weighted by molar-refractivity contribution is 6.02. The largest absolute Gasteiger partial charge is 0.378 e. The Hall–Kier alpha value is -2.86. The highest BCUT2D eigenvalue weighted by Gasteiger charge is 2.36. The van der Waals surface area contributed by atoms with E-state index in [1.165, 1.54) is 0 Å². The van der Waals surface area contributed by atoms with E-state index in [4.69, 9.17) is 4.74 Å². The third kappa shape index (κ3) is 4.02. The average molecular weight is 379 g/mol. The molecule has 0 aliphatic carbocycles. The fourth-order valence-electron chi connectivity index (χ4n) is 3.81. The molecule has 0 spiro atoms. The van der Waals surface area contributed by atoms with Crippen LogP contribution in [0.15, 0.2) is 54.6 Å². The van der Waals surface area contributed by atoms with E-state index in [1.807, 2.05) is 54.6 Å². The summed E-state index contributed by atoms with van der Waals surface area (Å²) in [6, 6.07) is 17.7. The predicted octanol–water partition coefficient (Wildman–Crippen LogP) is 2.19. The topological polar surface area (TPSA) is 61.9 Å². The van der Waals surface area contributed by atoms with Crippen LogP contribution in [0, 0.1) is 5.92 Å². The zero-order valence-corrected chi connectivity index (χ0v) is 15.8. The lowest BCUT2D eigenvalue weighted by molar-refractivity contribution is -0.126. The smallest absolute Gasteiger partial charge is 0.227 e. The van der Waals surface area contributed by atoms with Crippen molar-refractivity contribution in [3.63, 3.8) is 0 Å². The summed E-state index contributed by atoms with van der Waals surface area (Å²) in [5, 5.41) is 2.97. The molecular formula is C22H25N3O3. The summed E-state index contributed by atoms with van der Waals surface area (Å²) in [4.78, 5) is 29.3. The van der Waals surface area contributed by atoms with E-state index in [2.05, 4.69) is 10.2 Å². The summed E-state index contributed by atoms with van der Waals surface area (Å²) in [5.74, 6) is -0.391. The first-order chi connectivity index (χ1) is 13.7. The van der Waals surface area contributed by atoms with Crippen molar-refractivity contribution in [1.82, 2.24) is 5.32 Å². The Morgan fingerprint density at radius 1 is 1.00 bits per heavy atom. The van der Waals surface area contributed by atoms with Crippen LogP contribution in [0.1, 0.15) is 12.0 Å². The molecule has 1 N–H and O–H groups in total. The number of para-hydroxylation sites is 2. The monoisotopic (exact) mass is 379 g/mol. The van der Waals surface area contributed by atoms with Crippen molar-refractivity contribution in [1.29, 1.82) is 0 Å². The molecule has 6 heteroatoms. The van der Waals surface area contributed by atoms with Crippen molar-refractivity contribution in [2.24, 2.45) is 5.92 Å². The molecule has 146 valence electrons. The number of nitrogens with one attached hydrogen (secondary N) is 1. The second-order valence-corrected chi connectivity index (χ2v) is 7.20. The van der Waals surface area contributed by atoms with Gasteiger partial charge in [-0.05, 0) is 17.7 Å². The van der Waals surface area contributed by atoms with Crippen LogP contribution in [0.5, 0.6) is 0 Å². The number of hydrogen-bond donors (Lipinski definition) is 1. The number of morpholine rings is 1. The minimum absolute atomic E-state index is 0.000528. The van der Waals surface area contributed by atoms with E-state index < -0.39 is 0 Å². The summed E-state index contributed by atoms with van der Waals surface area (Å²) in [6.07, 6.45) is 0.248. The van der Waals surface area contributed by atoms with Gasteiger partial charge in [0.05, 0.1) is 30.5 Å². The van der Waals surface area contributed by atoms with Crippen LogP contribution in [-0.2, 0) is 20.9 Å². The number of nitrogens with zero attached hydrogens (tertiary/aromatic N) is 2. The first-order valence-corrected chi connectivity index (χ1v) is 9.76. The zero-order valence-electron chi connectivity index (χ0n) is 15.8. The third-order valence-electron chi connectivity index (χ3n) is 5.33. The first-order valence-electron chi connectivity index (χ1n) is 9.76. The number of rotatable bonds is 5. The molecule has 2 aliphatic rings. The molecular weight excluding hydrogens is 354 g/mol. The van der Waals surface area contributed by atoms with Crippen molar-refractivity contribution < 1.29 is 14.3 Å². The van der Waals surface area contributed by atoms with E-state index >= 15 is 0 Å². The summed E-state index contributed by atoms with van der Waals surface area (Å²) in [6.45, 7) is 3.88. The van der Waals surface area contributed by atoms with Gasteiger partial charge in [-0.25, -0.2) is 0 Å². The third-order valence-corrected chi connectivity index (χ3v) is 5.33. The molecule has 1 unspecified atom stereocenters. The van der Waals surface area contributed by atoms with Crippen molar-refractivity contribution in [3.8, 4) is 0 Å². The number of hydrogen-bond acceptors (Lipinski definition) is 4. The molecule has 0 saturated carbocycles. The van der Waals surface area contributed by atoms with Gasteiger partial charge >= 0.3 is 0 Å². The van der Waals surface area contributed by atoms with Crippen molar-refractivity contribution in [2.45, 2.75) is 13.0 Å². The molecule has 2 amide bonds. The standard InChI is InChI=1S/C22H25N3O3/c26-21-14-18(22(27)23-15-17-6-2-1-3-7-17)16-25(21)20-9-5-4-8-19(20)24-10-12-28-13-11-24/h1-9,18H,10-16H2,(H,23,27). The maximum absolute atomic E-state index is 12.7. The molecule has 1 atom stereocenters. The van der Waals surface area contributed by atoms with Crippen LogP contribution in [-0.4, -0.2) is 44.7 Å². The van der Waals surface area contributed by atoms with Gasteiger partial charge < -0.3 is 19.9 Å². The van der Waals surface area contributed by atoms with Crippen LogP contribution < -0.4 is 15.1 Å². The Labute approximate surface area is 165 Å². The summed E-state index contributed by atoms with van der Waals surface area (Å²) in [5.41, 5.74) is 2.96. The fraction of sp³-hybridized carbons (Fsp3) is 0.364. The summed E-state index contributed by atoms with van der Waals surface area (Å²) in [7, 11) is 0. The zero-order chi connectivity index (χ0) is 19.3. The lowest BCUT2D eigenvalue weighted by Crippen LogP contribution is -2.38. The van der Waals surface area contributed by atoms with Crippen LogP contribution in [0.2, 0.25) is 0 Å². The molecule has 4 rings (SSSR count). The Morgan fingerprint density at radius 2 is 1.68 bits per heavy atom. The lowest BCUT2D eigenvalue weighted by Gasteiger charge is -2.32. The first kappa shape index (κ1) is 18.5. The van der Waals surface area contributed by atoms with Gasteiger partial charge in [0.15, 0.2) is 0 Å². The maximum Gasteiger partial charge on any atom is 0.227 e. The molecule has 2 fully saturated rings. The van der Waals surface area contributed by atoms with Gasteiger partial charge in [0.25, 0.3) is 0 Å². The molecule has 2 aliphatic heterocycles. The number of benzene rings is 2. The van der Waals surface area contributed by atoms with Crippen LogP contribution in [0.3, 0.4) is 0 Å². The lowest BCUT2D eigenvalue weighted by atomic mass is 10.1. The molecule has 6 nitrogen and oxygen atoms in total. The van der Waals surface area contributed by atoms with Crippen molar-refractivity contribution in [3.05, 3.63) is 60.2 Å². The number of ether oxygens (including phenoxy) is 1. The molecule has 2 saturated heterocycles. The Balaban J connectivity index is 1.44. The van der Waals surface area contributed by atoms with Gasteiger partial charge in [-0.2, -0.15) is 0 Å². The second-order valence-electron chi connectivity index (χ2n) is 7.20. The van der Waals surface area contributed by atoms with Gasteiger partial charge in [0.2, 0.25) is 11.8 Å². The average Bonchev–Trinajstić information content (AvgIpc) is 3.15. The highest BCUT2D eigenvalue weighted by atomic mass is 16.5. The van der Waals surface area contributed by atoms with E-state index in [0.29, 0.717) is 26.3 Å². The normalized spacial score (nSPS) is 19.7. The Kier molecular flexibility index (Phi) is 5.58. The Bertz CT molecular complexity index is 834. The fourth-order valence-corrected chi connectivity index (χ4v) is 3.81. The minimum Gasteiger partial charge on any atom is -0.378 e. The van der Waals surface area contributed by atoms with Gasteiger partial charge in [0.1, 0.15) is 0 Å². The molecule has 0 bridgehead atoms. The van der Waals surface area contributed by atoms with Crippen molar-refractivity contribution in [2.75, 3.05) is 42.6 Å². The van der Waals surface area contributed by atoms with Gasteiger partial charge in [0, 0.05) is 32.6 Å². The minimum atomic E-state index is -0.325. The number of amides is 2. The van der Waals surface area contributed by atoms with E-state index in [-0.39, 0.29) is 24.2 Å². The Morgan fingerprint density at radius 3 is 2.43 bits per heavy atom.